The normalized spacial score (nSPS) is 11.7. The van der Waals surface area contributed by atoms with E-state index in [0.29, 0.717) is 5.95 Å². The predicted molar refractivity (Wildman–Crippen MR) is 86.0 cm³/mol. The minimum absolute atomic E-state index is 0.0633. The molecule has 1 heterocycles. The fourth-order valence-corrected chi connectivity index (χ4v) is 2.51. The molecule has 0 bridgehead atoms. The van der Waals surface area contributed by atoms with Crippen molar-refractivity contribution in [2.45, 2.75) is 26.2 Å². The third-order valence-electron chi connectivity index (χ3n) is 3.38. The van der Waals surface area contributed by atoms with Crippen LogP contribution >= 0.6 is 15.9 Å². The zero-order valence-corrected chi connectivity index (χ0v) is 14.1. The molecule has 0 saturated carbocycles. The van der Waals surface area contributed by atoms with Crippen LogP contribution in [0.25, 0.3) is 11.3 Å². The summed E-state index contributed by atoms with van der Waals surface area (Å²) >= 11 is 3.54. The summed E-state index contributed by atoms with van der Waals surface area (Å²) in [6, 6.07) is 6.18. The Kier molecular flexibility index (Phi) is 3.82. The number of nitrogen functional groups attached to an aromatic ring is 1. The highest BCUT2D eigenvalue weighted by Crippen LogP contribution is 2.38. The fraction of sp³-hybridized carbons (Fsp3) is 0.400. The van der Waals surface area contributed by atoms with E-state index in [1.807, 2.05) is 13.1 Å². The van der Waals surface area contributed by atoms with Crippen molar-refractivity contribution in [3.8, 4) is 17.0 Å². The molecular formula is C15H20BrN3O. The van der Waals surface area contributed by atoms with Crippen LogP contribution in [0.2, 0.25) is 0 Å². The monoisotopic (exact) mass is 337 g/mol. The van der Waals surface area contributed by atoms with Crippen LogP contribution in [-0.2, 0) is 12.5 Å². The van der Waals surface area contributed by atoms with Crippen molar-refractivity contribution in [2.24, 2.45) is 7.05 Å². The Morgan fingerprint density at radius 2 is 1.95 bits per heavy atom. The maximum Gasteiger partial charge on any atom is 0.201 e. The number of nitrogens with two attached hydrogens (primary N) is 1. The molecule has 0 fully saturated rings. The molecule has 108 valence electrons. The number of rotatable bonds is 2. The molecule has 1 aromatic heterocycles. The molecule has 0 saturated heterocycles. The molecule has 2 aromatic rings. The Hall–Kier alpha value is -1.49. The first-order chi connectivity index (χ1) is 9.25. The minimum atomic E-state index is 0.0633. The van der Waals surface area contributed by atoms with Gasteiger partial charge in [-0.3, -0.25) is 0 Å². The highest BCUT2D eigenvalue weighted by atomic mass is 79.9. The van der Waals surface area contributed by atoms with Crippen molar-refractivity contribution in [3.63, 3.8) is 0 Å². The van der Waals surface area contributed by atoms with Gasteiger partial charge in [0, 0.05) is 12.6 Å². The molecule has 2 N–H and O–H groups in total. The topological polar surface area (TPSA) is 53.1 Å². The maximum atomic E-state index is 5.88. The van der Waals surface area contributed by atoms with Crippen LogP contribution in [0.3, 0.4) is 0 Å². The first kappa shape index (κ1) is 14.9. The smallest absolute Gasteiger partial charge is 0.201 e. The summed E-state index contributed by atoms with van der Waals surface area (Å²) < 4.78 is 8.11. The van der Waals surface area contributed by atoms with E-state index in [-0.39, 0.29) is 5.41 Å². The molecule has 0 spiro atoms. The molecule has 20 heavy (non-hydrogen) atoms. The van der Waals surface area contributed by atoms with E-state index < -0.39 is 0 Å². The first-order valence-electron chi connectivity index (χ1n) is 6.42. The Morgan fingerprint density at radius 1 is 1.30 bits per heavy atom. The second-order valence-corrected chi connectivity index (χ2v) is 6.58. The molecule has 0 radical (unpaired) electrons. The fourth-order valence-electron chi connectivity index (χ4n) is 2.03. The highest BCUT2D eigenvalue weighted by Gasteiger charge is 2.20. The molecule has 0 aliphatic carbocycles. The largest absolute Gasteiger partial charge is 0.496 e. The van der Waals surface area contributed by atoms with Crippen molar-refractivity contribution in [2.75, 3.05) is 12.8 Å². The van der Waals surface area contributed by atoms with E-state index in [1.54, 1.807) is 11.7 Å². The number of ether oxygens (including phenoxy) is 1. The lowest BCUT2D eigenvalue weighted by molar-refractivity contribution is 0.415. The average Bonchev–Trinajstić information content (AvgIpc) is 2.64. The van der Waals surface area contributed by atoms with Gasteiger partial charge in [0.15, 0.2) is 0 Å². The number of imidazole rings is 1. The van der Waals surface area contributed by atoms with Crippen LogP contribution in [0, 0.1) is 0 Å². The van der Waals surface area contributed by atoms with Crippen molar-refractivity contribution < 1.29 is 4.74 Å². The lowest BCUT2D eigenvalue weighted by Gasteiger charge is -2.20. The van der Waals surface area contributed by atoms with Crippen LogP contribution in [0.1, 0.15) is 26.3 Å². The standard InChI is InChI=1S/C15H20BrN3O/c1-15(2,3)9-6-7-11(20-5)10(8-9)12-13(16)19(4)14(17)18-12/h6-8H,1-5H3,(H2,17,18). The van der Waals surface area contributed by atoms with Gasteiger partial charge in [-0.25, -0.2) is 4.98 Å². The summed E-state index contributed by atoms with van der Waals surface area (Å²) in [5.41, 5.74) is 8.91. The van der Waals surface area contributed by atoms with Gasteiger partial charge < -0.3 is 15.0 Å². The summed E-state index contributed by atoms with van der Waals surface area (Å²) in [7, 11) is 3.53. The van der Waals surface area contributed by atoms with E-state index in [0.717, 1.165) is 21.6 Å². The Balaban J connectivity index is 2.67. The van der Waals surface area contributed by atoms with Gasteiger partial charge in [0.25, 0.3) is 0 Å². The molecule has 4 nitrogen and oxygen atoms in total. The Bertz CT molecular complexity index is 641. The third-order valence-corrected chi connectivity index (χ3v) is 4.29. The van der Waals surface area contributed by atoms with Gasteiger partial charge in [-0.15, -0.1) is 0 Å². The minimum Gasteiger partial charge on any atom is -0.496 e. The predicted octanol–water partition coefficient (Wildman–Crippen LogP) is 3.74. The number of halogens is 1. The molecular weight excluding hydrogens is 318 g/mol. The van der Waals surface area contributed by atoms with Crippen LogP contribution in [0.4, 0.5) is 5.95 Å². The summed E-state index contributed by atoms with van der Waals surface area (Å²) in [6.07, 6.45) is 0. The molecule has 0 aliphatic heterocycles. The van der Waals surface area contributed by atoms with Gasteiger partial charge in [0.05, 0.1) is 7.11 Å². The van der Waals surface area contributed by atoms with Crippen LogP contribution in [0.15, 0.2) is 22.8 Å². The van der Waals surface area contributed by atoms with E-state index in [2.05, 4.69) is 53.8 Å². The van der Waals surface area contributed by atoms with Gasteiger partial charge in [-0.1, -0.05) is 26.8 Å². The highest BCUT2D eigenvalue weighted by molar-refractivity contribution is 9.10. The van der Waals surface area contributed by atoms with Crippen molar-refractivity contribution in [3.05, 3.63) is 28.4 Å². The number of aromatic nitrogens is 2. The van der Waals surface area contributed by atoms with Crippen LogP contribution in [0.5, 0.6) is 5.75 Å². The van der Waals surface area contributed by atoms with Crippen molar-refractivity contribution in [1.82, 2.24) is 9.55 Å². The van der Waals surface area contributed by atoms with Gasteiger partial charge in [-0.2, -0.15) is 0 Å². The quantitative estimate of drug-likeness (QED) is 0.908. The number of nitrogens with zero attached hydrogens (tertiary/aromatic N) is 2. The number of methoxy groups -OCH3 is 1. The SMILES string of the molecule is COc1ccc(C(C)(C)C)cc1-c1nc(N)n(C)c1Br. The van der Waals surface area contributed by atoms with E-state index in [9.17, 15) is 0 Å². The number of benzene rings is 1. The summed E-state index contributed by atoms with van der Waals surface area (Å²) in [6.45, 7) is 6.54. The average molecular weight is 338 g/mol. The molecule has 1 aromatic carbocycles. The molecule has 0 amide bonds. The van der Waals surface area contributed by atoms with Crippen molar-refractivity contribution in [1.29, 1.82) is 0 Å². The number of hydrogen-bond donors (Lipinski definition) is 1. The molecule has 5 heteroatoms. The second kappa shape index (κ2) is 5.13. The molecule has 0 aliphatic rings. The number of hydrogen-bond acceptors (Lipinski definition) is 3. The second-order valence-electron chi connectivity index (χ2n) is 5.83. The summed E-state index contributed by atoms with van der Waals surface area (Å²) in [4.78, 5) is 4.43. The van der Waals surface area contributed by atoms with E-state index in [4.69, 9.17) is 10.5 Å². The summed E-state index contributed by atoms with van der Waals surface area (Å²) in [5.74, 6) is 1.26. The van der Waals surface area contributed by atoms with Gasteiger partial charge in [0.1, 0.15) is 16.0 Å². The first-order valence-corrected chi connectivity index (χ1v) is 7.21. The Morgan fingerprint density at radius 3 is 2.40 bits per heavy atom. The molecule has 0 unspecified atom stereocenters. The van der Waals surface area contributed by atoms with Gasteiger partial charge in [-0.05, 0) is 39.0 Å². The van der Waals surface area contributed by atoms with E-state index in [1.165, 1.54) is 5.56 Å². The lowest BCUT2D eigenvalue weighted by Crippen LogP contribution is -2.11. The van der Waals surface area contributed by atoms with Gasteiger partial charge in [0.2, 0.25) is 5.95 Å². The number of anilines is 1. The summed E-state index contributed by atoms with van der Waals surface area (Å²) in [5, 5.41) is 0. The van der Waals surface area contributed by atoms with Crippen molar-refractivity contribution >= 4 is 21.9 Å². The molecule has 0 atom stereocenters. The van der Waals surface area contributed by atoms with Crippen LogP contribution < -0.4 is 10.5 Å². The van der Waals surface area contributed by atoms with Crippen LogP contribution in [-0.4, -0.2) is 16.7 Å². The third kappa shape index (κ3) is 2.54. The zero-order valence-electron chi connectivity index (χ0n) is 12.5. The Labute approximate surface area is 128 Å². The maximum absolute atomic E-state index is 5.88. The van der Waals surface area contributed by atoms with E-state index >= 15 is 0 Å². The lowest BCUT2D eigenvalue weighted by atomic mass is 9.86. The molecule has 2 rings (SSSR count). The zero-order chi connectivity index (χ0) is 15.1. The van der Waals surface area contributed by atoms with Gasteiger partial charge >= 0.3 is 0 Å².